The van der Waals surface area contributed by atoms with Crippen LogP contribution >= 0.6 is 0 Å². The molecule has 10 heteroatoms. The first-order valence-corrected chi connectivity index (χ1v) is 12.0. The first-order valence-electron chi connectivity index (χ1n) is 10.1. The number of amides is 2. The van der Waals surface area contributed by atoms with Gasteiger partial charge in [0.25, 0.3) is 0 Å². The molecule has 2 aromatic carbocycles. The van der Waals surface area contributed by atoms with Crippen LogP contribution in [0.25, 0.3) is 0 Å². The predicted octanol–water partition coefficient (Wildman–Crippen LogP) is 3.44. The smallest absolute Gasteiger partial charge is 0.312 e. The lowest BCUT2D eigenvalue weighted by molar-refractivity contribution is -0.137. The molecule has 4 rings (SSSR count). The van der Waals surface area contributed by atoms with Crippen LogP contribution in [0.1, 0.15) is 24.0 Å². The maximum atomic E-state index is 13.2. The van der Waals surface area contributed by atoms with E-state index in [4.69, 9.17) is 0 Å². The van der Waals surface area contributed by atoms with E-state index in [0.717, 1.165) is 24.0 Å². The normalized spacial score (nSPS) is 19.2. The van der Waals surface area contributed by atoms with Crippen LogP contribution in [0.5, 0.6) is 0 Å². The molecule has 0 aromatic heterocycles. The number of carbonyl (C=O) groups is 2. The summed E-state index contributed by atoms with van der Waals surface area (Å²) in [5, 5.41) is 0. The second kappa shape index (κ2) is 7.91. The van der Waals surface area contributed by atoms with E-state index >= 15 is 0 Å². The molecule has 6 nitrogen and oxygen atoms in total. The zero-order valence-electron chi connectivity index (χ0n) is 17.2. The molecule has 0 spiro atoms. The van der Waals surface area contributed by atoms with Gasteiger partial charge in [-0.2, -0.15) is 13.2 Å². The second-order valence-electron chi connectivity index (χ2n) is 8.11. The van der Waals surface area contributed by atoms with Crippen molar-refractivity contribution in [2.45, 2.75) is 30.3 Å². The number of fused-ring (bicyclic) bond motifs is 1. The number of rotatable bonds is 3. The number of carbonyl (C=O) groups excluding carboxylic acids is 2. The van der Waals surface area contributed by atoms with Crippen molar-refractivity contribution in [3.05, 3.63) is 53.6 Å². The van der Waals surface area contributed by atoms with Crippen LogP contribution < -0.4 is 9.80 Å². The topological polar surface area (TPSA) is 74.8 Å². The van der Waals surface area contributed by atoms with Crippen molar-refractivity contribution in [2.24, 2.45) is 5.92 Å². The van der Waals surface area contributed by atoms with E-state index in [1.165, 1.54) is 23.1 Å². The van der Waals surface area contributed by atoms with Crippen LogP contribution in [0.3, 0.4) is 0 Å². The van der Waals surface area contributed by atoms with Crippen molar-refractivity contribution in [3.8, 4) is 0 Å². The summed E-state index contributed by atoms with van der Waals surface area (Å²) in [6.45, 7) is 0.421. The molecule has 0 N–H and O–H groups in total. The van der Waals surface area contributed by atoms with Crippen LogP contribution in [0.2, 0.25) is 0 Å². The standard InChI is InChI=1S/C22H21F3N2O4S/c1-32(30,31)18-7-8-19-14(10-18)4-3-9-26(19)21(29)15-11-20(28)27(13-15)17-6-2-5-16(12-17)22(23,24)25/h2,5-8,10,12,15H,3-4,9,11,13H2,1H3. The number of sulfone groups is 1. The summed E-state index contributed by atoms with van der Waals surface area (Å²) < 4.78 is 62.8. The van der Waals surface area contributed by atoms with Crippen LogP contribution in [0.15, 0.2) is 47.4 Å². The minimum atomic E-state index is -4.53. The molecule has 1 fully saturated rings. The van der Waals surface area contributed by atoms with Gasteiger partial charge in [0.2, 0.25) is 11.8 Å². The first kappa shape index (κ1) is 22.3. The molecule has 2 amide bonds. The zero-order valence-corrected chi connectivity index (χ0v) is 18.0. The lowest BCUT2D eigenvalue weighted by Crippen LogP contribution is -2.40. The zero-order chi connectivity index (χ0) is 23.3. The Morgan fingerprint density at radius 1 is 1.12 bits per heavy atom. The Bertz CT molecular complexity index is 1190. The second-order valence-corrected chi connectivity index (χ2v) is 10.1. The Labute approximate surface area is 183 Å². The molecule has 2 aromatic rings. The van der Waals surface area contributed by atoms with Gasteiger partial charge in [-0.05, 0) is 54.8 Å². The monoisotopic (exact) mass is 466 g/mol. The van der Waals surface area contributed by atoms with E-state index in [1.54, 1.807) is 17.0 Å². The molecule has 2 heterocycles. The fraction of sp³-hybridized carbons (Fsp3) is 0.364. The van der Waals surface area contributed by atoms with Crippen molar-refractivity contribution in [2.75, 3.05) is 29.1 Å². The summed E-state index contributed by atoms with van der Waals surface area (Å²) in [4.78, 5) is 28.7. The van der Waals surface area contributed by atoms with Crippen LogP contribution in [0.4, 0.5) is 24.5 Å². The largest absolute Gasteiger partial charge is 0.416 e. The molecule has 1 atom stereocenters. The summed E-state index contributed by atoms with van der Waals surface area (Å²) in [6, 6.07) is 9.12. The number of nitrogens with zero attached hydrogens (tertiary/aromatic N) is 2. The summed E-state index contributed by atoms with van der Waals surface area (Å²) in [6.07, 6.45) is -2.24. The Kier molecular flexibility index (Phi) is 5.52. The highest BCUT2D eigenvalue weighted by molar-refractivity contribution is 7.90. The number of aryl methyl sites for hydroxylation is 1. The Morgan fingerprint density at radius 3 is 2.56 bits per heavy atom. The predicted molar refractivity (Wildman–Crippen MR) is 112 cm³/mol. The molecule has 2 aliphatic rings. The Morgan fingerprint density at radius 2 is 1.88 bits per heavy atom. The summed E-state index contributed by atoms with van der Waals surface area (Å²) in [5.41, 5.74) is 0.603. The number of hydrogen-bond acceptors (Lipinski definition) is 4. The number of anilines is 2. The van der Waals surface area contributed by atoms with Gasteiger partial charge in [-0.25, -0.2) is 8.42 Å². The molecule has 0 bridgehead atoms. The van der Waals surface area contributed by atoms with Crippen LogP contribution in [-0.4, -0.2) is 39.6 Å². The average molecular weight is 466 g/mol. The maximum Gasteiger partial charge on any atom is 0.416 e. The average Bonchev–Trinajstić information content (AvgIpc) is 3.13. The Balaban J connectivity index is 1.57. The molecule has 32 heavy (non-hydrogen) atoms. The van der Waals surface area contributed by atoms with Gasteiger partial charge < -0.3 is 9.80 Å². The van der Waals surface area contributed by atoms with Gasteiger partial charge in [-0.15, -0.1) is 0 Å². The van der Waals surface area contributed by atoms with E-state index in [2.05, 4.69) is 0 Å². The molecular formula is C22H21F3N2O4S. The van der Waals surface area contributed by atoms with E-state index in [1.807, 2.05) is 0 Å². The third-order valence-corrected chi connectivity index (χ3v) is 6.93. The van der Waals surface area contributed by atoms with Crippen molar-refractivity contribution >= 4 is 33.0 Å². The third-order valence-electron chi connectivity index (χ3n) is 5.82. The highest BCUT2D eigenvalue weighted by Gasteiger charge is 2.39. The van der Waals surface area contributed by atoms with Gasteiger partial charge in [0, 0.05) is 37.1 Å². The van der Waals surface area contributed by atoms with Gasteiger partial charge in [0.1, 0.15) is 0 Å². The SMILES string of the molecule is CS(=O)(=O)c1ccc2c(c1)CCCN2C(=O)C1CC(=O)N(c2cccc(C(F)(F)F)c2)C1. The van der Waals surface area contributed by atoms with Crippen molar-refractivity contribution in [3.63, 3.8) is 0 Å². The van der Waals surface area contributed by atoms with Crippen LogP contribution in [-0.2, 0) is 32.0 Å². The lowest BCUT2D eigenvalue weighted by Gasteiger charge is -2.31. The number of alkyl halides is 3. The minimum Gasteiger partial charge on any atom is -0.312 e. The first-order chi connectivity index (χ1) is 14.9. The van der Waals surface area contributed by atoms with Gasteiger partial charge in [0.15, 0.2) is 9.84 Å². The molecular weight excluding hydrogens is 445 g/mol. The lowest BCUT2D eigenvalue weighted by atomic mass is 9.99. The highest BCUT2D eigenvalue weighted by Crippen LogP contribution is 2.35. The highest BCUT2D eigenvalue weighted by atomic mass is 32.2. The fourth-order valence-corrected chi connectivity index (χ4v) is 4.90. The number of halogens is 3. The molecule has 2 aliphatic heterocycles. The van der Waals surface area contributed by atoms with Crippen molar-refractivity contribution in [1.29, 1.82) is 0 Å². The van der Waals surface area contributed by atoms with E-state index in [0.29, 0.717) is 25.1 Å². The summed E-state index contributed by atoms with van der Waals surface area (Å²) in [5.74, 6) is -1.40. The minimum absolute atomic E-state index is 0.00771. The van der Waals surface area contributed by atoms with Gasteiger partial charge in [-0.3, -0.25) is 9.59 Å². The van der Waals surface area contributed by atoms with Gasteiger partial charge in [-0.1, -0.05) is 6.07 Å². The van der Waals surface area contributed by atoms with Crippen molar-refractivity contribution < 1.29 is 31.2 Å². The quantitative estimate of drug-likeness (QED) is 0.695. The summed E-state index contributed by atoms with van der Waals surface area (Å²) >= 11 is 0. The molecule has 1 saturated heterocycles. The van der Waals surface area contributed by atoms with Gasteiger partial charge in [0.05, 0.1) is 16.4 Å². The number of hydrogen-bond donors (Lipinski definition) is 0. The summed E-state index contributed by atoms with van der Waals surface area (Å²) in [7, 11) is -3.38. The van der Waals surface area contributed by atoms with E-state index in [-0.39, 0.29) is 29.5 Å². The maximum absolute atomic E-state index is 13.2. The molecule has 1 unspecified atom stereocenters. The molecule has 0 radical (unpaired) electrons. The fourth-order valence-electron chi connectivity index (χ4n) is 4.23. The Hall–Kier alpha value is -2.88. The number of benzene rings is 2. The third kappa shape index (κ3) is 4.23. The van der Waals surface area contributed by atoms with Crippen molar-refractivity contribution in [1.82, 2.24) is 0 Å². The molecule has 0 saturated carbocycles. The van der Waals surface area contributed by atoms with E-state index in [9.17, 15) is 31.2 Å². The van der Waals surface area contributed by atoms with E-state index < -0.39 is 33.4 Å². The van der Waals surface area contributed by atoms with Gasteiger partial charge >= 0.3 is 6.18 Å². The van der Waals surface area contributed by atoms with Crippen LogP contribution in [0, 0.1) is 5.92 Å². The molecule has 170 valence electrons. The molecule has 0 aliphatic carbocycles.